The third-order valence-electron chi connectivity index (χ3n) is 0.903. The van der Waals surface area contributed by atoms with Crippen LogP contribution in [0.5, 0.6) is 0 Å². The van der Waals surface area contributed by atoms with E-state index in [1.54, 1.807) is 0 Å². The van der Waals surface area contributed by atoms with E-state index in [1.165, 1.54) is 0 Å². The molecule has 0 aliphatic heterocycles. The van der Waals surface area contributed by atoms with Crippen molar-refractivity contribution >= 4 is 11.8 Å². The lowest BCUT2D eigenvalue weighted by Gasteiger charge is -1.95. The monoisotopic (exact) mass is 144 g/mol. The first kappa shape index (κ1) is 8.84. The highest BCUT2D eigenvalue weighted by molar-refractivity contribution is 5.99. The number of aliphatic hydroxyl groups excluding tert-OH is 1. The summed E-state index contributed by atoms with van der Waals surface area (Å²) in [6.45, 7) is 2.50. The molecule has 0 aromatic heterocycles. The summed E-state index contributed by atoms with van der Waals surface area (Å²) in [5.41, 5.74) is -0.0741. The molecule has 0 radical (unpaired) electrons. The lowest BCUT2D eigenvalue weighted by atomic mass is 10.1. The standard InChI is InChI=1S/C6H8O4/c1-4(2-6(9)10)5(8)3-7/h7H,1-3H2,(H,9,10). The second-order valence-corrected chi connectivity index (χ2v) is 1.76. The van der Waals surface area contributed by atoms with Gasteiger partial charge in [-0.1, -0.05) is 6.58 Å². The third kappa shape index (κ3) is 2.99. The molecule has 0 spiro atoms. The van der Waals surface area contributed by atoms with Crippen LogP contribution < -0.4 is 0 Å². The van der Waals surface area contributed by atoms with Crippen LogP contribution >= 0.6 is 0 Å². The molecule has 4 heteroatoms. The zero-order valence-electron chi connectivity index (χ0n) is 5.33. The Morgan fingerprint density at radius 3 is 2.20 bits per heavy atom. The minimum Gasteiger partial charge on any atom is -0.481 e. The van der Waals surface area contributed by atoms with Gasteiger partial charge in [0.05, 0.1) is 6.42 Å². The second kappa shape index (κ2) is 3.79. The molecule has 0 bridgehead atoms. The molecule has 0 saturated heterocycles. The van der Waals surface area contributed by atoms with Gasteiger partial charge in [0.1, 0.15) is 6.61 Å². The van der Waals surface area contributed by atoms with Crippen molar-refractivity contribution < 1.29 is 19.8 Å². The minimum atomic E-state index is -1.12. The van der Waals surface area contributed by atoms with Gasteiger partial charge in [0, 0.05) is 5.57 Å². The van der Waals surface area contributed by atoms with Gasteiger partial charge in [-0.05, 0) is 0 Å². The third-order valence-corrected chi connectivity index (χ3v) is 0.903. The molecule has 0 heterocycles. The summed E-state index contributed by atoms with van der Waals surface area (Å²) in [7, 11) is 0. The Bertz CT molecular complexity index is 171. The lowest BCUT2D eigenvalue weighted by Crippen LogP contribution is -2.10. The Kier molecular flexibility index (Phi) is 3.35. The number of Topliss-reactive ketones (excluding diaryl/α,β-unsaturated/α-hetero) is 1. The molecule has 0 aromatic rings. The van der Waals surface area contributed by atoms with Gasteiger partial charge in [-0.3, -0.25) is 9.59 Å². The first-order valence-electron chi connectivity index (χ1n) is 2.61. The summed E-state index contributed by atoms with van der Waals surface area (Å²) >= 11 is 0. The van der Waals surface area contributed by atoms with Crippen LogP contribution in [0.3, 0.4) is 0 Å². The van der Waals surface area contributed by atoms with E-state index in [4.69, 9.17) is 10.2 Å². The lowest BCUT2D eigenvalue weighted by molar-refractivity contribution is -0.137. The van der Waals surface area contributed by atoms with Crippen LogP contribution in [0.2, 0.25) is 0 Å². The molecule has 0 unspecified atom stereocenters. The second-order valence-electron chi connectivity index (χ2n) is 1.76. The average Bonchev–Trinajstić information content (AvgIpc) is 1.85. The summed E-state index contributed by atoms with van der Waals surface area (Å²) in [4.78, 5) is 20.4. The Morgan fingerprint density at radius 1 is 1.40 bits per heavy atom. The van der Waals surface area contributed by atoms with Crippen LogP contribution in [0.1, 0.15) is 6.42 Å². The van der Waals surface area contributed by atoms with Gasteiger partial charge in [0.15, 0.2) is 5.78 Å². The highest BCUT2D eigenvalue weighted by Crippen LogP contribution is 1.97. The quantitative estimate of drug-likeness (QED) is 0.525. The molecule has 0 aliphatic rings. The molecule has 0 saturated carbocycles. The van der Waals surface area contributed by atoms with Gasteiger partial charge >= 0.3 is 5.97 Å². The van der Waals surface area contributed by atoms with E-state index in [1.807, 2.05) is 0 Å². The fourth-order valence-electron chi connectivity index (χ4n) is 0.393. The topological polar surface area (TPSA) is 74.6 Å². The van der Waals surface area contributed by atoms with Crippen molar-refractivity contribution in [3.63, 3.8) is 0 Å². The van der Waals surface area contributed by atoms with E-state index >= 15 is 0 Å². The average molecular weight is 144 g/mol. The number of hydrogen-bond acceptors (Lipinski definition) is 3. The molecule has 0 atom stereocenters. The van der Waals surface area contributed by atoms with Crippen molar-refractivity contribution in [1.82, 2.24) is 0 Å². The molecule has 10 heavy (non-hydrogen) atoms. The molecular weight excluding hydrogens is 136 g/mol. The Hall–Kier alpha value is -1.16. The summed E-state index contributed by atoms with van der Waals surface area (Å²) in [6.07, 6.45) is -0.403. The highest BCUT2D eigenvalue weighted by atomic mass is 16.4. The SMILES string of the molecule is C=C(CC(=O)O)C(=O)CO. The number of hydrogen-bond donors (Lipinski definition) is 2. The summed E-state index contributed by atoms with van der Waals surface area (Å²) < 4.78 is 0. The number of aliphatic hydroxyl groups is 1. The molecule has 0 rings (SSSR count). The molecule has 4 nitrogen and oxygen atoms in total. The molecule has 56 valence electrons. The van der Waals surface area contributed by atoms with Crippen LogP contribution in [-0.4, -0.2) is 28.6 Å². The van der Waals surface area contributed by atoms with Crippen LogP contribution in [0, 0.1) is 0 Å². The summed E-state index contributed by atoms with van der Waals surface area (Å²) in [5, 5.41) is 16.3. The first-order valence-corrected chi connectivity index (χ1v) is 2.61. The largest absolute Gasteiger partial charge is 0.481 e. The zero-order valence-corrected chi connectivity index (χ0v) is 5.33. The van der Waals surface area contributed by atoms with Crippen molar-refractivity contribution in [2.75, 3.05) is 6.61 Å². The van der Waals surface area contributed by atoms with Crippen molar-refractivity contribution in [2.24, 2.45) is 0 Å². The maximum absolute atomic E-state index is 10.4. The molecule has 0 aromatic carbocycles. The van der Waals surface area contributed by atoms with Crippen molar-refractivity contribution in [3.8, 4) is 0 Å². The fraction of sp³-hybridized carbons (Fsp3) is 0.333. The van der Waals surface area contributed by atoms with Crippen molar-refractivity contribution in [3.05, 3.63) is 12.2 Å². The van der Waals surface area contributed by atoms with Crippen molar-refractivity contribution in [2.45, 2.75) is 6.42 Å². The molecule has 0 amide bonds. The van der Waals surface area contributed by atoms with Gasteiger partial charge in [-0.25, -0.2) is 0 Å². The number of carbonyl (C=O) groups is 2. The maximum Gasteiger partial charge on any atom is 0.307 e. The molecular formula is C6H8O4. The summed E-state index contributed by atoms with van der Waals surface area (Å²) in [5.74, 6) is -1.74. The van der Waals surface area contributed by atoms with Crippen LogP contribution in [0.15, 0.2) is 12.2 Å². The van der Waals surface area contributed by atoms with Gasteiger partial charge in [0.2, 0.25) is 0 Å². The van der Waals surface area contributed by atoms with Gasteiger partial charge in [-0.2, -0.15) is 0 Å². The van der Waals surface area contributed by atoms with E-state index in [2.05, 4.69) is 6.58 Å². The number of carboxylic acids is 1. The van der Waals surface area contributed by atoms with E-state index in [-0.39, 0.29) is 5.57 Å². The number of carbonyl (C=O) groups excluding carboxylic acids is 1. The normalized spacial score (nSPS) is 8.90. The maximum atomic E-state index is 10.4. The fourth-order valence-corrected chi connectivity index (χ4v) is 0.393. The van der Waals surface area contributed by atoms with Gasteiger partial charge in [0.25, 0.3) is 0 Å². The smallest absolute Gasteiger partial charge is 0.307 e. The predicted octanol–water partition coefficient (Wildman–Crippen LogP) is -0.421. The highest BCUT2D eigenvalue weighted by Gasteiger charge is 2.08. The number of aliphatic carboxylic acids is 1. The van der Waals surface area contributed by atoms with Crippen LogP contribution in [0.4, 0.5) is 0 Å². The number of carboxylic acid groups (broad SMARTS) is 1. The summed E-state index contributed by atoms with van der Waals surface area (Å²) in [6, 6.07) is 0. The van der Waals surface area contributed by atoms with E-state index in [0.717, 1.165) is 0 Å². The van der Waals surface area contributed by atoms with E-state index in [0.29, 0.717) is 0 Å². The number of ketones is 1. The van der Waals surface area contributed by atoms with Crippen LogP contribution in [-0.2, 0) is 9.59 Å². The molecule has 0 aliphatic carbocycles. The molecule has 0 fully saturated rings. The zero-order chi connectivity index (χ0) is 8.15. The van der Waals surface area contributed by atoms with Gasteiger partial charge < -0.3 is 10.2 Å². The Morgan fingerprint density at radius 2 is 1.90 bits per heavy atom. The predicted molar refractivity (Wildman–Crippen MR) is 33.5 cm³/mol. The minimum absolute atomic E-state index is 0.0741. The Labute approximate surface area is 57.8 Å². The number of rotatable bonds is 4. The molecule has 2 N–H and O–H groups in total. The first-order chi connectivity index (χ1) is 4.57. The van der Waals surface area contributed by atoms with E-state index in [9.17, 15) is 9.59 Å². The van der Waals surface area contributed by atoms with Crippen molar-refractivity contribution in [1.29, 1.82) is 0 Å². The van der Waals surface area contributed by atoms with Crippen LogP contribution in [0.25, 0.3) is 0 Å². The van der Waals surface area contributed by atoms with Gasteiger partial charge in [-0.15, -0.1) is 0 Å². The Balaban J connectivity index is 3.86. The van der Waals surface area contributed by atoms with E-state index < -0.39 is 24.8 Å².